The molecule has 0 aliphatic rings. The number of ether oxygens (including phenoxy) is 1. The summed E-state index contributed by atoms with van der Waals surface area (Å²) in [5.41, 5.74) is 1.05. The number of sulfonamides is 1. The third kappa shape index (κ3) is 7.92. The van der Waals surface area contributed by atoms with Gasteiger partial charge in [0.05, 0.1) is 18.6 Å². The number of benzene rings is 2. The van der Waals surface area contributed by atoms with Crippen LogP contribution in [0.1, 0.15) is 32.8 Å². The van der Waals surface area contributed by atoms with Gasteiger partial charge in [0.25, 0.3) is 0 Å². The minimum absolute atomic E-state index is 0.0982. The molecule has 34 heavy (non-hydrogen) atoms. The fourth-order valence-electron chi connectivity index (χ4n) is 3.30. The second-order valence-electron chi connectivity index (χ2n) is 7.82. The van der Waals surface area contributed by atoms with E-state index in [1.807, 2.05) is 13.8 Å². The average molecular weight is 510 g/mol. The molecule has 0 saturated carbocycles. The van der Waals surface area contributed by atoms with Gasteiger partial charge in [-0.3, -0.25) is 13.9 Å². The summed E-state index contributed by atoms with van der Waals surface area (Å²) in [6.45, 7) is 5.99. The van der Waals surface area contributed by atoms with Gasteiger partial charge in [-0.15, -0.1) is 0 Å². The second-order valence-corrected chi connectivity index (χ2v) is 10.2. The van der Waals surface area contributed by atoms with Gasteiger partial charge in [0, 0.05) is 18.1 Å². The van der Waals surface area contributed by atoms with E-state index in [2.05, 4.69) is 5.32 Å². The lowest BCUT2D eigenvalue weighted by atomic mass is 10.1. The van der Waals surface area contributed by atoms with Crippen LogP contribution in [-0.2, 0) is 26.2 Å². The molecule has 1 N–H and O–H groups in total. The number of hydrogen-bond acceptors (Lipinski definition) is 5. The highest BCUT2D eigenvalue weighted by atomic mass is 35.5. The Morgan fingerprint density at radius 3 is 2.35 bits per heavy atom. The van der Waals surface area contributed by atoms with Gasteiger partial charge < -0.3 is 15.0 Å². The molecule has 0 radical (unpaired) electrons. The number of nitrogens with one attached hydrogen (secondary N) is 1. The lowest BCUT2D eigenvalue weighted by Gasteiger charge is -2.31. The van der Waals surface area contributed by atoms with Crippen molar-refractivity contribution in [2.45, 2.75) is 39.8 Å². The zero-order valence-corrected chi connectivity index (χ0v) is 21.5. The fourth-order valence-corrected chi connectivity index (χ4v) is 4.36. The van der Waals surface area contributed by atoms with Crippen molar-refractivity contribution in [1.82, 2.24) is 10.2 Å². The molecule has 0 aromatic heterocycles. The van der Waals surface area contributed by atoms with E-state index in [1.165, 1.54) is 4.90 Å². The summed E-state index contributed by atoms with van der Waals surface area (Å²) in [7, 11) is -3.79. The number of rotatable bonds is 12. The largest absolute Gasteiger partial charge is 0.494 e. The molecule has 0 spiro atoms. The lowest BCUT2D eigenvalue weighted by molar-refractivity contribution is -0.139. The summed E-state index contributed by atoms with van der Waals surface area (Å²) < 4.78 is 31.6. The molecule has 1 atom stereocenters. The molecule has 0 unspecified atom stereocenters. The fraction of sp³-hybridized carbons (Fsp3) is 0.417. The molecular weight excluding hydrogens is 478 g/mol. The van der Waals surface area contributed by atoms with Crippen molar-refractivity contribution in [2.24, 2.45) is 0 Å². The monoisotopic (exact) mass is 509 g/mol. The van der Waals surface area contributed by atoms with E-state index >= 15 is 0 Å². The second kappa shape index (κ2) is 12.6. The van der Waals surface area contributed by atoms with E-state index in [0.717, 1.165) is 22.5 Å². The first-order chi connectivity index (χ1) is 16.1. The van der Waals surface area contributed by atoms with Gasteiger partial charge in [0.1, 0.15) is 18.3 Å². The molecule has 8 nitrogen and oxygen atoms in total. The molecule has 2 aromatic rings. The third-order valence-electron chi connectivity index (χ3n) is 5.07. The third-order valence-corrected chi connectivity index (χ3v) is 6.45. The summed E-state index contributed by atoms with van der Waals surface area (Å²) >= 11 is 6.10. The van der Waals surface area contributed by atoms with Crippen LogP contribution in [0.5, 0.6) is 5.75 Å². The Balaban J connectivity index is 2.35. The normalized spacial score (nSPS) is 12.0. The number of halogens is 1. The average Bonchev–Trinajstić information content (AvgIpc) is 2.79. The Bertz CT molecular complexity index is 1080. The van der Waals surface area contributed by atoms with Crippen LogP contribution in [0, 0.1) is 0 Å². The summed E-state index contributed by atoms with van der Waals surface area (Å²) in [4.78, 5) is 27.5. The summed E-state index contributed by atoms with van der Waals surface area (Å²) in [5, 5.41) is 3.29. The zero-order valence-electron chi connectivity index (χ0n) is 20.0. The van der Waals surface area contributed by atoms with Crippen molar-refractivity contribution >= 4 is 39.1 Å². The number of anilines is 1. The first-order valence-corrected chi connectivity index (χ1v) is 13.3. The van der Waals surface area contributed by atoms with Crippen LogP contribution >= 0.6 is 11.6 Å². The Morgan fingerprint density at radius 2 is 1.79 bits per heavy atom. The van der Waals surface area contributed by atoms with Crippen LogP contribution in [0.4, 0.5) is 5.69 Å². The minimum atomic E-state index is -3.79. The van der Waals surface area contributed by atoms with Gasteiger partial charge in [0.2, 0.25) is 21.8 Å². The Hall–Kier alpha value is -2.78. The predicted molar refractivity (Wildman–Crippen MR) is 135 cm³/mol. The van der Waals surface area contributed by atoms with E-state index in [-0.39, 0.29) is 12.5 Å². The summed E-state index contributed by atoms with van der Waals surface area (Å²) in [5.74, 6) is -0.238. The molecule has 0 aliphatic carbocycles. The van der Waals surface area contributed by atoms with E-state index in [4.69, 9.17) is 16.3 Å². The zero-order chi connectivity index (χ0) is 25.3. The number of carbonyl (C=O) groups excluding carboxylic acids is 2. The predicted octanol–water partition coefficient (Wildman–Crippen LogP) is 3.45. The highest BCUT2D eigenvalue weighted by Gasteiger charge is 2.30. The van der Waals surface area contributed by atoms with Crippen molar-refractivity contribution in [3.05, 3.63) is 59.1 Å². The van der Waals surface area contributed by atoms with Crippen molar-refractivity contribution in [1.29, 1.82) is 0 Å². The Labute approximate surface area is 206 Å². The van der Waals surface area contributed by atoms with E-state index in [0.29, 0.717) is 29.6 Å². The minimum Gasteiger partial charge on any atom is -0.494 e. The van der Waals surface area contributed by atoms with Crippen molar-refractivity contribution < 1.29 is 22.7 Å². The highest BCUT2D eigenvalue weighted by molar-refractivity contribution is 7.92. The molecule has 2 amide bonds. The maximum atomic E-state index is 13.4. The summed E-state index contributed by atoms with van der Waals surface area (Å²) in [6.07, 6.45) is 1.79. The van der Waals surface area contributed by atoms with E-state index in [9.17, 15) is 18.0 Å². The van der Waals surface area contributed by atoms with E-state index < -0.39 is 28.5 Å². The van der Waals surface area contributed by atoms with Crippen LogP contribution in [0.2, 0.25) is 5.02 Å². The number of nitrogens with zero attached hydrogens (tertiary/aromatic N) is 2. The molecule has 0 heterocycles. The van der Waals surface area contributed by atoms with Gasteiger partial charge in [-0.05, 0) is 62.2 Å². The molecule has 0 fully saturated rings. The van der Waals surface area contributed by atoms with Gasteiger partial charge >= 0.3 is 0 Å². The molecule has 10 heteroatoms. The van der Waals surface area contributed by atoms with Gasteiger partial charge in [0.15, 0.2) is 0 Å². The van der Waals surface area contributed by atoms with Crippen LogP contribution < -0.4 is 14.4 Å². The maximum absolute atomic E-state index is 13.4. The Kier molecular flexibility index (Phi) is 10.2. The van der Waals surface area contributed by atoms with Crippen LogP contribution in [-0.4, -0.2) is 57.1 Å². The molecule has 0 bridgehead atoms. The van der Waals surface area contributed by atoms with Crippen LogP contribution in [0.15, 0.2) is 48.5 Å². The van der Waals surface area contributed by atoms with Crippen LogP contribution in [0.25, 0.3) is 0 Å². The number of carbonyl (C=O) groups is 2. The first kappa shape index (κ1) is 27.5. The molecule has 2 rings (SSSR count). The SMILES string of the molecule is CCCNC(=O)[C@@H](C)N(Cc1cccc(Cl)c1)C(=O)CN(c1ccc(OCC)cc1)S(C)(=O)=O. The van der Waals surface area contributed by atoms with Crippen molar-refractivity contribution in [3.8, 4) is 5.75 Å². The topological polar surface area (TPSA) is 96.0 Å². The molecular formula is C24H32ClN3O5S. The highest BCUT2D eigenvalue weighted by Crippen LogP contribution is 2.23. The molecule has 0 aliphatic heterocycles. The molecule has 0 saturated heterocycles. The first-order valence-electron chi connectivity index (χ1n) is 11.1. The van der Waals surface area contributed by atoms with Crippen molar-refractivity contribution in [2.75, 3.05) is 30.3 Å². The van der Waals surface area contributed by atoms with E-state index in [1.54, 1.807) is 55.5 Å². The Morgan fingerprint density at radius 1 is 1.12 bits per heavy atom. The van der Waals surface area contributed by atoms with Crippen LogP contribution in [0.3, 0.4) is 0 Å². The molecule has 2 aromatic carbocycles. The summed E-state index contributed by atoms with van der Waals surface area (Å²) in [6, 6.07) is 12.6. The smallest absolute Gasteiger partial charge is 0.244 e. The van der Waals surface area contributed by atoms with Gasteiger partial charge in [-0.1, -0.05) is 30.7 Å². The molecule has 186 valence electrons. The number of hydrogen-bond donors (Lipinski definition) is 1. The van der Waals surface area contributed by atoms with Gasteiger partial charge in [-0.25, -0.2) is 8.42 Å². The maximum Gasteiger partial charge on any atom is 0.244 e. The van der Waals surface area contributed by atoms with Gasteiger partial charge in [-0.2, -0.15) is 0 Å². The number of amides is 2. The lowest BCUT2D eigenvalue weighted by Crippen LogP contribution is -2.51. The quantitative estimate of drug-likeness (QED) is 0.472. The standard InChI is InChI=1S/C24H32ClN3O5S/c1-5-14-26-24(30)18(3)27(16-19-8-7-9-20(25)15-19)23(29)17-28(34(4,31)32)21-10-12-22(13-11-21)33-6-2/h7-13,15,18H,5-6,14,16-17H2,1-4H3,(H,26,30)/t18-/m1/s1. The van der Waals surface area contributed by atoms with Crippen molar-refractivity contribution in [3.63, 3.8) is 0 Å².